The van der Waals surface area contributed by atoms with Crippen LogP contribution in [-0.4, -0.2) is 5.91 Å². The third-order valence-electron chi connectivity index (χ3n) is 2.34. The van der Waals surface area contributed by atoms with Gasteiger partial charge in [0.15, 0.2) is 11.6 Å². The quantitative estimate of drug-likeness (QED) is 0.830. The lowest BCUT2D eigenvalue weighted by molar-refractivity contribution is 0.102. The summed E-state index contributed by atoms with van der Waals surface area (Å²) in [5, 5.41) is 2.11. The molecule has 0 aliphatic heterocycles. The van der Waals surface area contributed by atoms with E-state index in [9.17, 15) is 18.0 Å². The second-order valence-electron chi connectivity index (χ2n) is 3.71. The number of nitrogens with one attached hydrogen (secondary N) is 1. The zero-order chi connectivity index (χ0) is 14.0. The van der Waals surface area contributed by atoms with Gasteiger partial charge in [0.1, 0.15) is 5.82 Å². The third-order valence-corrected chi connectivity index (χ3v) is 2.65. The molecule has 0 saturated heterocycles. The Morgan fingerprint density at radius 3 is 2.42 bits per heavy atom. The Kier molecular flexibility index (Phi) is 3.76. The summed E-state index contributed by atoms with van der Waals surface area (Å²) < 4.78 is 38.8. The lowest BCUT2D eigenvalue weighted by Crippen LogP contribution is -2.13. The van der Waals surface area contributed by atoms with Gasteiger partial charge < -0.3 is 5.32 Å². The standard InChI is InChI=1S/C13H7ClF3NO/c14-10-6-12(17)11(16)5-9(10)13(19)18-8-3-1-2-7(15)4-8/h1-6H,(H,18,19). The summed E-state index contributed by atoms with van der Waals surface area (Å²) in [5.41, 5.74) is -0.0457. The van der Waals surface area contributed by atoms with E-state index in [1.807, 2.05) is 0 Å². The molecule has 0 heterocycles. The highest BCUT2D eigenvalue weighted by Crippen LogP contribution is 2.21. The fourth-order valence-corrected chi connectivity index (χ4v) is 1.70. The number of halogens is 4. The number of anilines is 1. The summed E-state index contributed by atoms with van der Waals surface area (Å²) in [4.78, 5) is 11.8. The SMILES string of the molecule is O=C(Nc1cccc(F)c1)c1cc(F)c(F)cc1Cl. The van der Waals surface area contributed by atoms with Crippen LogP contribution in [0.4, 0.5) is 18.9 Å². The highest BCUT2D eigenvalue weighted by atomic mass is 35.5. The van der Waals surface area contributed by atoms with E-state index < -0.39 is 23.4 Å². The second-order valence-corrected chi connectivity index (χ2v) is 4.12. The molecule has 0 unspecified atom stereocenters. The zero-order valence-corrected chi connectivity index (χ0v) is 10.1. The Morgan fingerprint density at radius 2 is 1.74 bits per heavy atom. The molecule has 0 bridgehead atoms. The van der Waals surface area contributed by atoms with Crippen LogP contribution in [0.25, 0.3) is 0 Å². The van der Waals surface area contributed by atoms with E-state index in [4.69, 9.17) is 11.6 Å². The Bertz CT molecular complexity index is 646. The number of hydrogen-bond acceptors (Lipinski definition) is 1. The fraction of sp³-hybridized carbons (Fsp3) is 0. The molecule has 19 heavy (non-hydrogen) atoms. The molecule has 2 rings (SSSR count). The first-order chi connectivity index (χ1) is 8.97. The summed E-state index contributed by atoms with van der Waals surface area (Å²) in [6, 6.07) is 6.54. The van der Waals surface area contributed by atoms with Gasteiger partial charge in [0, 0.05) is 5.69 Å². The van der Waals surface area contributed by atoms with Crippen molar-refractivity contribution < 1.29 is 18.0 Å². The summed E-state index contributed by atoms with van der Waals surface area (Å²) in [6.07, 6.45) is 0. The Hall–Kier alpha value is -2.01. The maximum Gasteiger partial charge on any atom is 0.257 e. The predicted octanol–water partition coefficient (Wildman–Crippen LogP) is 4.01. The van der Waals surface area contributed by atoms with Crippen LogP contribution in [-0.2, 0) is 0 Å². The first-order valence-electron chi connectivity index (χ1n) is 5.19. The van der Waals surface area contributed by atoms with E-state index in [-0.39, 0.29) is 16.3 Å². The van der Waals surface area contributed by atoms with Crippen LogP contribution in [0, 0.1) is 17.5 Å². The van der Waals surface area contributed by atoms with Crippen molar-refractivity contribution in [3.8, 4) is 0 Å². The van der Waals surface area contributed by atoms with Crippen LogP contribution in [0.3, 0.4) is 0 Å². The first kappa shape index (κ1) is 13.4. The smallest absolute Gasteiger partial charge is 0.257 e. The van der Waals surface area contributed by atoms with E-state index >= 15 is 0 Å². The Labute approximate surface area is 111 Å². The van der Waals surface area contributed by atoms with Crippen molar-refractivity contribution in [3.63, 3.8) is 0 Å². The van der Waals surface area contributed by atoms with Gasteiger partial charge in [0.2, 0.25) is 0 Å². The highest BCUT2D eigenvalue weighted by molar-refractivity contribution is 6.34. The van der Waals surface area contributed by atoms with Gasteiger partial charge in [-0.3, -0.25) is 4.79 Å². The molecular weight excluding hydrogens is 279 g/mol. The molecule has 0 aliphatic rings. The largest absolute Gasteiger partial charge is 0.322 e. The summed E-state index contributed by atoms with van der Waals surface area (Å²) >= 11 is 5.65. The summed E-state index contributed by atoms with van der Waals surface area (Å²) in [5.74, 6) is -3.62. The van der Waals surface area contributed by atoms with Crippen molar-refractivity contribution in [1.29, 1.82) is 0 Å². The predicted molar refractivity (Wildman–Crippen MR) is 65.7 cm³/mol. The average Bonchev–Trinajstić information content (AvgIpc) is 2.33. The maximum absolute atomic E-state index is 13.0. The second kappa shape index (κ2) is 5.32. The monoisotopic (exact) mass is 285 g/mol. The summed E-state index contributed by atoms with van der Waals surface area (Å²) in [6.45, 7) is 0. The molecule has 1 N–H and O–H groups in total. The van der Waals surface area contributed by atoms with Crippen LogP contribution < -0.4 is 5.32 Å². The van der Waals surface area contributed by atoms with E-state index in [1.165, 1.54) is 18.2 Å². The van der Waals surface area contributed by atoms with E-state index in [0.717, 1.165) is 6.07 Å². The lowest BCUT2D eigenvalue weighted by atomic mass is 10.2. The average molecular weight is 286 g/mol. The van der Waals surface area contributed by atoms with Crippen LogP contribution in [0.5, 0.6) is 0 Å². The number of amides is 1. The third kappa shape index (κ3) is 3.06. The molecular formula is C13H7ClF3NO. The molecule has 6 heteroatoms. The van der Waals surface area contributed by atoms with Gasteiger partial charge in [-0.05, 0) is 30.3 Å². The normalized spacial score (nSPS) is 10.3. The van der Waals surface area contributed by atoms with Gasteiger partial charge in [-0.2, -0.15) is 0 Å². The molecule has 98 valence electrons. The molecule has 1 amide bonds. The summed E-state index contributed by atoms with van der Waals surface area (Å²) in [7, 11) is 0. The fourth-order valence-electron chi connectivity index (χ4n) is 1.46. The molecule has 2 aromatic carbocycles. The Balaban J connectivity index is 2.28. The van der Waals surface area contributed by atoms with Crippen molar-refractivity contribution in [3.05, 3.63) is 64.4 Å². The molecule has 0 aromatic heterocycles. The van der Waals surface area contributed by atoms with Gasteiger partial charge in [0.05, 0.1) is 10.6 Å². The number of benzene rings is 2. The zero-order valence-electron chi connectivity index (χ0n) is 9.38. The molecule has 2 aromatic rings. The van der Waals surface area contributed by atoms with Gasteiger partial charge in [0.25, 0.3) is 5.91 Å². The minimum Gasteiger partial charge on any atom is -0.322 e. The van der Waals surface area contributed by atoms with Crippen LogP contribution in [0.2, 0.25) is 5.02 Å². The van der Waals surface area contributed by atoms with Crippen molar-refractivity contribution in [2.45, 2.75) is 0 Å². The van der Waals surface area contributed by atoms with Crippen molar-refractivity contribution in [2.24, 2.45) is 0 Å². The van der Waals surface area contributed by atoms with Crippen LogP contribution in [0.15, 0.2) is 36.4 Å². The van der Waals surface area contributed by atoms with Gasteiger partial charge in [-0.15, -0.1) is 0 Å². The molecule has 0 fully saturated rings. The van der Waals surface area contributed by atoms with E-state index in [1.54, 1.807) is 0 Å². The molecule has 0 saturated carbocycles. The van der Waals surface area contributed by atoms with Crippen molar-refractivity contribution in [2.75, 3.05) is 5.32 Å². The molecule has 0 aliphatic carbocycles. The number of carbonyl (C=O) groups excluding carboxylic acids is 1. The molecule has 0 spiro atoms. The first-order valence-corrected chi connectivity index (χ1v) is 5.56. The topological polar surface area (TPSA) is 29.1 Å². The number of carbonyl (C=O) groups is 1. The maximum atomic E-state index is 13.0. The van der Waals surface area contributed by atoms with E-state index in [0.29, 0.717) is 12.1 Å². The van der Waals surface area contributed by atoms with Gasteiger partial charge in [-0.1, -0.05) is 17.7 Å². The van der Waals surface area contributed by atoms with Gasteiger partial charge in [-0.25, -0.2) is 13.2 Å². The van der Waals surface area contributed by atoms with Crippen LogP contribution in [0.1, 0.15) is 10.4 Å². The minimum absolute atomic E-state index is 0.186. The molecule has 2 nitrogen and oxygen atoms in total. The van der Waals surface area contributed by atoms with Crippen molar-refractivity contribution >= 4 is 23.2 Å². The number of rotatable bonds is 2. The van der Waals surface area contributed by atoms with Crippen LogP contribution >= 0.6 is 11.6 Å². The van der Waals surface area contributed by atoms with E-state index in [2.05, 4.69) is 5.32 Å². The lowest BCUT2D eigenvalue weighted by Gasteiger charge is -2.07. The van der Waals surface area contributed by atoms with Crippen molar-refractivity contribution in [1.82, 2.24) is 0 Å². The van der Waals surface area contributed by atoms with Gasteiger partial charge >= 0.3 is 0 Å². The highest BCUT2D eigenvalue weighted by Gasteiger charge is 2.15. The molecule has 0 atom stereocenters. The Morgan fingerprint density at radius 1 is 1.05 bits per heavy atom. The molecule has 0 radical (unpaired) electrons. The minimum atomic E-state index is -1.19. The number of hydrogen-bond donors (Lipinski definition) is 1.